The van der Waals surface area contributed by atoms with Crippen LogP contribution in [0.2, 0.25) is 15.1 Å². The van der Waals surface area contributed by atoms with Crippen molar-refractivity contribution in [3.63, 3.8) is 0 Å². The summed E-state index contributed by atoms with van der Waals surface area (Å²) in [5, 5.41) is 12.0. The molecule has 5 rings (SSSR count). The van der Waals surface area contributed by atoms with Crippen LogP contribution in [-0.2, 0) is 16.1 Å². The van der Waals surface area contributed by atoms with Crippen LogP contribution in [0.15, 0.2) is 72.3 Å². The Morgan fingerprint density at radius 1 is 0.976 bits per heavy atom. The Hall–Kier alpha value is -3.23. The third kappa shape index (κ3) is 8.63. The third-order valence-corrected chi connectivity index (χ3v) is 7.64. The van der Waals surface area contributed by atoms with Crippen molar-refractivity contribution < 1.29 is 24.2 Å². The molecule has 0 saturated heterocycles. The lowest BCUT2D eigenvalue weighted by molar-refractivity contribution is -0.128. The van der Waals surface area contributed by atoms with Gasteiger partial charge in [-0.25, -0.2) is 0 Å². The first kappa shape index (κ1) is 30.7. The van der Waals surface area contributed by atoms with E-state index in [-0.39, 0.29) is 18.4 Å². The standard InChI is InChI=1S/C30H29Cl3N2O3.CH2O2/c31-22-7-12-28(33)29(17-22)38-16-15-37-24-10-5-20(6-11-24)25-13-14-34-18-26(25)30(36)35(23-8-9-23)19-21-3-1-2-4-27(21)32;2-1-3/h1-7,10-12,17,23,34H,8-9,13-16,18-19H2;1H,(H,2,3). The zero-order valence-electron chi connectivity index (χ0n) is 22.3. The van der Waals surface area contributed by atoms with Gasteiger partial charge in [0.1, 0.15) is 24.7 Å². The predicted octanol–water partition coefficient (Wildman–Crippen LogP) is 6.74. The van der Waals surface area contributed by atoms with Crippen molar-refractivity contribution in [2.24, 2.45) is 0 Å². The summed E-state index contributed by atoms with van der Waals surface area (Å²) in [4.78, 5) is 24.2. The molecular weight excluding hydrogens is 587 g/mol. The minimum Gasteiger partial charge on any atom is -0.490 e. The summed E-state index contributed by atoms with van der Waals surface area (Å²) in [7, 11) is 0. The third-order valence-electron chi connectivity index (χ3n) is 6.73. The number of hydrogen-bond donors (Lipinski definition) is 2. The van der Waals surface area contributed by atoms with Crippen LogP contribution in [0.1, 0.15) is 30.4 Å². The van der Waals surface area contributed by atoms with E-state index in [1.54, 1.807) is 18.2 Å². The number of nitrogens with zero attached hydrogens (tertiary/aromatic N) is 1. The summed E-state index contributed by atoms with van der Waals surface area (Å²) in [6, 6.07) is 21.0. The second kappa shape index (κ2) is 15.1. The number of carbonyl (C=O) groups excluding carboxylic acids is 1. The van der Waals surface area contributed by atoms with Gasteiger partial charge in [0.15, 0.2) is 0 Å². The number of carboxylic acid groups (broad SMARTS) is 1. The maximum atomic E-state index is 13.8. The Bertz CT molecular complexity index is 1380. The van der Waals surface area contributed by atoms with Crippen molar-refractivity contribution >= 4 is 52.8 Å². The Kier molecular flexibility index (Phi) is 11.3. The Labute approximate surface area is 254 Å². The topological polar surface area (TPSA) is 88.1 Å². The van der Waals surface area contributed by atoms with Crippen LogP contribution in [0.5, 0.6) is 11.5 Å². The summed E-state index contributed by atoms with van der Waals surface area (Å²) in [6.45, 7) is 2.36. The predicted molar refractivity (Wildman–Crippen MR) is 162 cm³/mol. The molecule has 1 fully saturated rings. The maximum Gasteiger partial charge on any atom is 0.290 e. The summed E-state index contributed by atoms with van der Waals surface area (Å²) in [5.41, 5.74) is 3.93. The van der Waals surface area contributed by atoms with Gasteiger partial charge < -0.3 is 24.8 Å². The van der Waals surface area contributed by atoms with Gasteiger partial charge in [0, 0.05) is 40.8 Å². The maximum absolute atomic E-state index is 13.8. The molecule has 0 radical (unpaired) electrons. The average Bonchev–Trinajstić information content (AvgIpc) is 3.83. The first-order valence-electron chi connectivity index (χ1n) is 13.3. The number of nitrogens with one attached hydrogen (secondary N) is 1. The quantitative estimate of drug-likeness (QED) is 0.193. The SMILES string of the molecule is O=C(C1=C(c2ccc(OCCOc3cc(Cl)ccc3Cl)cc2)CCNC1)N(Cc1ccccc1Cl)C1CC1.O=CO. The highest BCUT2D eigenvalue weighted by atomic mass is 35.5. The van der Waals surface area contributed by atoms with Gasteiger partial charge in [-0.15, -0.1) is 0 Å². The minimum atomic E-state index is -0.250. The van der Waals surface area contributed by atoms with Crippen LogP contribution in [0, 0.1) is 0 Å². The van der Waals surface area contributed by atoms with Gasteiger partial charge in [-0.2, -0.15) is 0 Å². The van der Waals surface area contributed by atoms with Gasteiger partial charge >= 0.3 is 0 Å². The second-order valence-electron chi connectivity index (χ2n) is 9.54. The summed E-state index contributed by atoms with van der Waals surface area (Å²) < 4.78 is 11.5. The second-order valence-corrected chi connectivity index (χ2v) is 10.8. The molecule has 1 saturated carbocycles. The molecule has 1 heterocycles. The highest BCUT2D eigenvalue weighted by molar-refractivity contribution is 6.34. The lowest BCUT2D eigenvalue weighted by Gasteiger charge is -2.28. The molecule has 7 nitrogen and oxygen atoms in total. The van der Waals surface area contributed by atoms with Crippen LogP contribution in [-0.4, -0.2) is 54.7 Å². The first-order valence-corrected chi connectivity index (χ1v) is 14.4. The monoisotopic (exact) mass is 616 g/mol. The van der Waals surface area contributed by atoms with Gasteiger partial charge in [-0.05, 0) is 72.8 Å². The molecule has 0 unspecified atom stereocenters. The van der Waals surface area contributed by atoms with E-state index in [0.29, 0.717) is 47.1 Å². The van der Waals surface area contributed by atoms with Crippen molar-refractivity contribution in [3.05, 3.63) is 98.5 Å². The van der Waals surface area contributed by atoms with Crippen molar-refractivity contribution in [1.82, 2.24) is 10.2 Å². The molecule has 1 aliphatic carbocycles. The molecule has 0 atom stereocenters. The molecule has 0 aromatic heterocycles. The fourth-order valence-electron chi connectivity index (χ4n) is 4.60. The largest absolute Gasteiger partial charge is 0.490 e. The van der Waals surface area contributed by atoms with Crippen molar-refractivity contribution in [1.29, 1.82) is 0 Å². The van der Waals surface area contributed by atoms with E-state index in [9.17, 15) is 4.79 Å². The molecule has 0 bridgehead atoms. The molecule has 1 amide bonds. The van der Waals surface area contributed by atoms with Gasteiger partial charge in [-0.3, -0.25) is 9.59 Å². The fraction of sp³-hybridized carbons (Fsp3) is 0.290. The number of ether oxygens (including phenoxy) is 2. The molecule has 0 spiro atoms. The number of carbonyl (C=O) groups is 2. The molecule has 41 heavy (non-hydrogen) atoms. The van der Waals surface area contributed by atoms with Crippen LogP contribution in [0.3, 0.4) is 0 Å². The molecular formula is C31H31Cl3N2O5. The normalized spacial score (nSPS) is 14.5. The molecule has 3 aromatic rings. The van der Waals surface area contributed by atoms with Crippen molar-refractivity contribution in [2.75, 3.05) is 26.3 Å². The van der Waals surface area contributed by atoms with E-state index in [1.807, 2.05) is 53.4 Å². The average molecular weight is 618 g/mol. The molecule has 2 N–H and O–H groups in total. The zero-order valence-corrected chi connectivity index (χ0v) is 24.6. The highest BCUT2D eigenvalue weighted by Gasteiger charge is 2.35. The summed E-state index contributed by atoms with van der Waals surface area (Å²) >= 11 is 18.6. The lowest BCUT2D eigenvalue weighted by Crippen LogP contribution is -2.39. The highest BCUT2D eigenvalue weighted by Crippen LogP contribution is 2.34. The number of amides is 1. The van der Waals surface area contributed by atoms with E-state index in [0.717, 1.165) is 53.8 Å². The van der Waals surface area contributed by atoms with E-state index < -0.39 is 0 Å². The lowest BCUT2D eigenvalue weighted by atomic mass is 9.93. The van der Waals surface area contributed by atoms with Crippen LogP contribution >= 0.6 is 34.8 Å². The van der Waals surface area contributed by atoms with Crippen LogP contribution in [0.25, 0.3) is 5.57 Å². The van der Waals surface area contributed by atoms with Gasteiger partial charge in [-0.1, -0.05) is 65.1 Å². The fourth-order valence-corrected chi connectivity index (χ4v) is 5.13. The Balaban J connectivity index is 0.00000124. The van der Waals surface area contributed by atoms with Crippen molar-refractivity contribution in [3.8, 4) is 11.5 Å². The summed E-state index contributed by atoms with van der Waals surface area (Å²) in [5.74, 6) is 1.35. The van der Waals surface area contributed by atoms with E-state index in [1.165, 1.54) is 0 Å². The molecule has 10 heteroatoms. The van der Waals surface area contributed by atoms with Crippen LogP contribution < -0.4 is 14.8 Å². The van der Waals surface area contributed by atoms with E-state index >= 15 is 0 Å². The Morgan fingerprint density at radius 3 is 2.39 bits per heavy atom. The molecule has 1 aliphatic heterocycles. The van der Waals surface area contributed by atoms with Gasteiger partial charge in [0.25, 0.3) is 12.4 Å². The molecule has 216 valence electrons. The van der Waals surface area contributed by atoms with Gasteiger partial charge in [0.2, 0.25) is 0 Å². The molecule has 3 aromatic carbocycles. The minimum absolute atomic E-state index is 0.0896. The molecule has 2 aliphatic rings. The summed E-state index contributed by atoms with van der Waals surface area (Å²) in [6.07, 6.45) is 2.86. The number of rotatable bonds is 10. The van der Waals surface area contributed by atoms with Crippen molar-refractivity contribution in [2.45, 2.75) is 31.8 Å². The van der Waals surface area contributed by atoms with E-state index in [2.05, 4.69) is 5.32 Å². The zero-order chi connectivity index (χ0) is 29.2. The Morgan fingerprint density at radius 2 is 1.68 bits per heavy atom. The van der Waals surface area contributed by atoms with Crippen LogP contribution in [0.4, 0.5) is 0 Å². The van der Waals surface area contributed by atoms with E-state index in [4.69, 9.17) is 54.2 Å². The number of hydrogen-bond acceptors (Lipinski definition) is 5. The first-order chi connectivity index (χ1) is 19.9. The number of halogens is 3. The number of benzene rings is 3. The smallest absolute Gasteiger partial charge is 0.290 e. The van der Waals surface area contributed by atoms with Gasteiger partial charge in [0.05, 0.1) is 5.02 Å².